The van der Waals surface area contributed by atoms with Gasteiger partial charge in [0, 0.05) is 24.0 Å². The molecule has 3 rings (SSSR count). The molecular formula is C29H48N6. The van der Waals surface area contributed by atoms with E-state index in [2.05, 4.69) is 80.7 Å². The summed E-state index contributed by atoms with van der Waals surface area (Å²) in [6.45, 7) is 15.7. The van der Waals surface area contributed by atoms with Crippen LogP contribution < -0.4 is 0 Å². The molecule has 0 unspecified atom stereocenters. The maximum Gasteiger partial charge on any atom is 0.246 e. The maximum atomic E-state index is 5.25. The van der Waals surface area contributed by atoms with Crippen LogP contribution in [0.5, 0.6) is 0 Å². The number of hydrogen-bond donors (Lipinski definition) is 0. The molecule has 3 aromatic heterocycles. The predicted octanol–water partition coefficient (Wildman–Crippen LogP) is 6.72. The van der Waals surface area contributed by atoms with Gasteiger partial charge in [0.2, 0.25) is 5.79 Å². The summed E-state index contributed by atoms with van der Waals surface area (Å²) >= 11 is 0. The highest BCUT2D eigenvalue weighted by Gasteiger charge is 2.39. The van der Waals surface area contributed by atoms with E-state index in [9.17, 15) is 0 Å². The Balaban J connectivity index is 2.36. The molecule has 0 aliphatic rings. The zero-order valence-corrected chi connectivity index (χ0v) is 23.4. The molecule has 0 N–H and O–H groups in total. The van der Waals surface area contributed by atoms with Crippen LogP contribution in [0.15, 0.2) is 18.2 Å². The average molecular weight is 481 g/mol. The highest BCUT2D eigenvalue weighted by Crippen LogP contribution is 2.30. The zero-order chi connectivity index (χ0) is 25.4. The molecule has 0 radical (unpaired) electrons. The number of hydrogen-bond acceptors (Lipinski definition) is 3. The highest BCUT2D eigenvalue weighted by molar-refractivity contribution is 5.20. The first-order valence-corrected chi connectivity index (χ1v) is 14.2. The van der Waals surface area contributed by atoms with E-state index in [1.54, 1.807) is 0 Å². The van der Waals surface area contributed by atoms with Gasteiger partial charge < -0.3 is 0 Å². The van der Waals surface area contributed by atoms with Gasteiger partial charge in [0.1, 0.15) is 0 Å². The molecule has 35 heavy (non-hydrogen) atoms. The quantitative estimate of drug-likeness (QED) is 0.243. The van der Waals surface area contributed by atoms with Crippen molar-refractivity contribution in [1.29, 1.82) is 0 Å². The van der Waals surface area contributed by atoms with E-state index in [1.165, 1.54) is 17.1 Å². The summed E-state index contributed by atoms with van der Waals surface area (Å²) in [6, 6.07) is 6.95. The molecule has 194 valence electrons. The van der Waals surface area contributed by atoms with Gasteiger partial charge in [0.15, 0.2) is 0 Å². The lowest BCUT2D eigenvalue weighted by molar-refractivity contribution is 0.125. The molecule has 3 heterocycles. The molecule has 0 saturated carbocycles. The minimum atomic E-state index is -0.677. The molecular weight excluding hydrogens is 432 g/mol. The fourth-order valence-electron chi connectivity index (χ4n) is 5.23. The van der Waals surface area contributed by atoms with Crippen molar-refractivity contribution >= 4 is 0 Å². The molecule has 0 spiro atoms. The molecule has 3 aromatic rings. The second-order valence-electron chi connectivity index (χ2n) is 10.1. The van der Waals surface area contributed by atoms with E-state index in [4.69, 9.17) is 15.3 Å². The van der Waals surface area contributed by atoms with E-state index in [0.717, 1.165) is 94.1 Å². The lowest BCUT2D eigenvalue weighted by Crippen LogP contribution is -2.49. The van der Waals surface area contributed by atoms with E-state index in [0.29, 0.717) is 0 Å². The van der Waals surface area contributed by atoms with Crippen LogP contribution in [-0.4, -0.2) is 29.3 Å². The molecule has 6 nitrogen and oxygen atoms in total. The Morgan fingerprint density at radius 3 is 0.971 bits per heavy atom. The van der Waals surface area contributed by atoms with Crippen LogP contribution >= 0.6 is 0 Å². The smallest absolute Gasteiger partial charge is 0.222 e. The lowest BCUT2D eigenvalue weighted by atomic mass is 10.1. The van der Waals surface area contributed by atoms with Crippen molar-refractivity contribution in [1.82, 2.24) is 29.3 Å². The van der Waals surface area contributed by atoms with Crippen LogP contribution in [0.3, 0.4) is 0 Å². The van der Waals surface area contributed by atoms with Crippen molar-refractivity contribution < 1.29 is 0 Å². The summed E-state index contributed by atoms with van der Waals surface area (Å²) in [5.74, 6) is -0.677. The first kappa shape index (κ1) is 27.2. The predicted molar refractivity (Wildman–Crippen MR) is 145 cm³/mol. The second kappa shape index (κ2) is 12.5. The fraction of sp³-hybridized carbons (Fsp3) is 0.690. The first-order chi connectivity index (χ1) is 17.0. The van der Waals surface area contributed by atoms with E-state index >= 15 is 0 Å². The van der Waals surface area contributed by atoms with Gasteiger partial charge in [-0.25, -0.2) is 14.0 Å². The van der Waals surface area contributed by atoms with Crippen molar-refractivity contribution in [3.63, 3.8) is 0 Å². The van der Waals surface area contributed by atoms with E-state index < -0.39 is 5.79 Å². The SMILES string of the molecule is CCCc1cc(CCC)n(C(C)(n2nc(CCC)cc2CCC)n2nc(CCC)cc2CCC)n1. The van der Waals surface area contributed by atoms with Crippen LogP contribution in [0, 0.1) is 0 Å². The van der Waals surface area contributed by atoms with Crippen molar-refractivity contribution in [2.45, 2.75) is 131 Å². The van der Waals surface area contributed by atoms with Gasteiger partial charge in [-0.1, -0.05) is 80.1 Å². The first-order valence-electron chi connectivity index (χ1n) is 14.2. The van der Waals surface area contributed by atoms with Crippen LogP contribution in [0.25, 0.3) is 0 Å². The maximum absolute atomic E-state index is 5.25. The molecule has 0 aromatic carbocycles. The van der Waals surface area contributed by atoms with Crippen molar-refractivity contribution in [2.75, 3.05) is 0 Å². The van der Waals surface area contributed by atoms with Gasteiger partial charge in [-0.15, -0.1) is 0 Å². The van der Waals surface area contributed by atoms with Crippen molar-refractivity contribution in [3.05, 3.63) is 52.4 Å². The number of aryl methyl sites for hydroxylation is 6. The average Bonchev–Trinajstić information content (AvgIpc) is 3.53. The summed E-state index contributed by atoms with van der Waals surface area (Å²) < 4.78 is 6.77. The van der Waals surface area contributed by atoms with Crippen molar-refractivity contribution in [2.24, 2.45) is 0 Å². The second-order valence-corrected chi connectivity index (χ2v) is 10.1. The summed E-state index contributed by atoms with van der Waals surface area (Å²) in [4.78, 5) is 0. The molecule has 0 aliphatic carbocycles. The summed E-state index contributed by atoms with van der Waals surface area (Å²) in [7, 11) is 0. The van der Waals surface area contributed by atoms with Crippen LogP contribution in [0.4, 0.5) is 0 Å². The van der Waals surface area contributed by atoms with Crippen LogP contribution in [0.2, 0.25) is 0 Å². The lowest BCUT2D eigenvalue weighted by Gasteiger charge is -2.35. The van der Waals surface area contributed by atoms with Crippen molar-refractivity contribution in [3.8, 4) is 0 Å². The van der Waals surface area contributed by atoms with Crippen LogP contribution in [0.1, 0.15) is 121 Å². The van der Waals surface area contributed by atoms with Gasteiger partial charge in [-0.05, 0) is 56.7 Å². The highest BCUT2D eigenvalue weighted by atomic mass is 15.6. The molecule has 0 aliphatic heterocycles. The third-order valence-corrected chi connectivity index (χ3v) is 6.74. The molecule has 0 saturated heterocycles. The minimum Gasteiger partial charge on any atom is -0.222 e. The summed E-state index contributed by atoms with van der Waals surface area (Å²) in [5.41, 5.74) is 7.30. The number of aromatic nitrogens is 6. The molecule has 0 atom stereocenters. The largest absolute Gasteiger partial charge is 0.246 e. The van der Waals surface area contributed by atoms with Gasteiger partial charge >= 0.3 is 0 Å². The molecule has 6 heteroatoms. The standard InChI is InChI=1S/C29H48N6/c1-8-14-23-20-26(17-11-4)33(30-23)29(7,34-27(18-12-5)21-24(31-34)15-9-2)35-28(19-13-6)22-25(32-35)16-10-3/h20-22H,8-19H2,1-7H3. The summed E-state index contributed by atoms with van der Waals surface area (Å²) in [5, 5.41) is 15.8. The van der Waals surface area contributed by atoms with Gasteiger partial charge in [-0.3, -0.25) is 0 Å². The molecule has 0 bridgehead atoms. The Morgan fingerprint density at radius 2 is 0.743 bits per heavy atom. The minimum absolute atomic E-state index is 0.677. The van der Waals surface area contributed by atoms with Gasteiger partial charge in [-0.2, -0.15) is 15.3 Å². The van der Waals surface area contributed by atoms with Gasteiger partial charge in [0.05, 0.1) is 17.1 Å². The molecule has 0 fully saturated rings. The monoisotopic (exact) mass is 480 g/mol. The summed E-state index contributed by atoms with van der Waals surface area (Å²) in [6.07, 6.45) is 12.5. The fourth-order valence-corrected chi connectivity index (χ4v) is 5.23. The van der Waals surface area contributed by atoms with Gasteiger partial charge in [0.25, 0.3) is 0 Å². The number of nitrogens with zero attached hydrogens (tertiary/aromatic N) is 6. The van der Waals surface area contributed by atoms with E-state index in [1.807, 2.05) is 0 Å². The Kier molecular flexibility index (Phi) is 9.76. The topological polar surface area (TPSA) is 53.5 Å². The van der Waals surface area contributed by atoms with Crippen LogP contribution in [-0.2, 0) is 44.3 Å². The Hall–Kier alpha value is -2.37. The Morgan fingerprint density at radius 1 is 0.486 bits per heavy atom. The normalized spacial score (nSPS) is 12.1. The third-order valence-electron chi connectivity index (χ3n) is 6.74. The molecule has 0 amide bonds. The number of rotatable bonds is 15. The Bertz CT molecular complexity index is 922. The van der Waals surface area contributed by atoms with E-state index in [-0.39, 0.29) is 0 Å². The zero-order valence-electron chi connectivity index (χ0n) is 23.4. The Labute approximate surface area is 213 Å². The third kappa shape index (κ3) is 5.73.